The molecule has 2 rings (SSSR count). The lowest BCUT2D eigenvalue weighted by Gasteiger charge is -2.12. The minimum Gasteiger partial charge on any atom is -0.492 e. The molecule has 0 aromatic heterocycles. The van der Waals surface area contributed by atoms with Gasteiger partial charge in [-0.1, -0.05) is 37.8 Å². The van der Waals surface area contributed by atoms with Crippen molar-refractivity contribution in [3.63, 3.8) is 0 Å². The van der Waals surface area contributed by atoms with E-state index >= 15 is 0 Å². The van der Waals surface area contributed by atoms with Crippen molar-refractivity contribution in [1.82, 2.24) is 0 Å². The van der Waals surface area contributed by atoms with Crippen LogP contribution in [0.3, 0.4) is 0 Å². The maximum Gasteiger partial charge on any atom is 0.224 e. The van der Waals surface area contributed by atoms with Crippen LogP contribution < -0.4 is 10.1 Å². The van der Waals surface area contributed by atoms with Crippen LogP contribution in [0.2, 0.25) is 0 Å². The van der Waals surface area contributed by atoms with Crippen LogP contribution in [0.4, 0.5) is 5.69 Å². The van der Waals surface area contributed by atoms with Crippen molar-refractivity contribution in [3.8, 4) is 5.75 Å². The molecular formula is C16H23NO2. The monoisotopic (exact) mass is 261 g/mol. The quantitative estimate of drug-likeness (QED) is 0.840. The Morgan fingerprint density at radius 2 is 2.05 bits per heavy atom. The third kappa shape index (κ3) is 4.27. The highest BCUT2D eigenvalue weighted by Crippen LogP contribution is 2.29. The maximum atomic E-state index is 12.0. The summed E-state index contributed by atoms with van der Waals surface area (Å²) in [7, 11) is 0. The van der Waals surface area contributed by atoms with Gasteiger partial charge in [-0.25, -0.2) is 0 Å². The van der Waals surface area contributed by atoms with Crippen LogP contribution in [0.15, 0.2) is 24.3 Å². The lowest BCUT2D eigenvalue weighted by atomic mass is 10.0. The van der Waals surface area contributed by atoms with Crippen LogP contribution in [0.5, 0.6) is 5.75 Å². The van der Waals surface area contributed by atoms with Gasteiger partial charge in [-0.3, -0.25) is 4.79 Å². The van der Waals surface area contributed by atoms with Gasteiger partial charge in [-0.05, 0) is 31.4 Å². The summed E-state index contributed by atoms with van der Waals surface area (Å²) in [5.74, 6) is 1.60. The van der Waals surface area contributed by atoms with Gasteiger partial charge in [0.15, 0.2) is 0 Å². The molecule has 0 atom stereocenters. The highest BCUT2D eigenvalue weighted by Gasteiger charge is 2.16. The van der Waals surface area contributed by atoms with Gasteiger partial charge >= 0.3 is 0 Å². The SMILES string of the molecule is CCOc1ccccc1NC(=O)CCC1CCCC1. The molecule has 3 nitrogen and oxygen atoms in total. The molecule has 0 bridgehead atoms. The fraction of sp³-hybridized carbons (Fsp3) is 0.562. The van der Waals surface area contributed by atoms with Crippen molar-refractivity contribution in [2.24, 2.45) is 5.92 Å². The van der Waals surface area contributed by atoms with E-state index < -0.39 is 0 Å². The summed E-state index contributed by atoms with van der Waals surface area (Å²) in [6.07, 6.45) is 6.89. The Bertz CT molecular complexity index is 411. The number of nitrogens with one attached hydrogen (secondary N) is 1. The fourth-order valence-corrected chi connectivity index (χ4v) is 2.70. The van der Waals surface area contributed by atoms with E-state index in [1.165, 1.54) is 25.7 Å². The second kappa shape index (κ2) is 7.17. The topological polar surface area (TPSA) is 38.3 Å². The van der Waals surface area contributed by atoms with E-state index in [4.69, 9.17) is 4.74 Å². The zero-order valence-electron chi connectivity index (χ0n) is 11.7. The molecule has 19 heavy (non-hydrogen) atoms. The molecule has 104 valence electrons. The molecule has 0 radical (unpaired) electrons. The molecule has 1 fully saturated rings. The predicted octanol–water partition coefficient (Wildman–Crippen LogP) is 3.99. The van der Waals surface area contributed by atoms with E-state index in [9.17, 15) is 4.79 Å². The average molecular weight is 261 g/mol. The first-order valence-corrected chi connectivity index (χ1v) is 7.31. The van der Waals surface area contributed by atoms with E-state index in [0.717, 1.165) is 23.8 Å². The highest BCUT2D eigenvalue weighted by molar-refractivity contribution is 5.92. The summed E-state index contributed by atoms with van der Waals surface area (Å²) >= 11 is 0. The molecule has 1 aromatic carbocycles. The summed E-state index contributed by atoms with van der Waals surface area (Å²) in [5, 5.41) is 2.96. The van der Waals surface area contributed by atoms with E-state index in [2.05, 4.69) is 5.32 Å². The molecule has 1 aliphatic carbocycles. The largest absolute Gasteiger partial charge is 0.492 e. The number of hydrogen-bond donors (Lipinski definition) is 1. The molecule has 1 saturated carbocycles. The van der Waals surface area contributed by atoms with Gasteiger partial charge in [-0.2, -0.15) is 0 Å². The smallest absolute Gasteiger partial charge is 0.224 e. The van der Waals surface area contributed by atoms with Gasteiger partial charge < -0.3 is 10.1 Å². The number of benzene rings is 1. The molecule has 0 heterocycles. The zero-order valence-corrected chi connectivity index (χ0v) is 11.7. The number of anilines is 1. The third-order valence-corrected chi connectivity index (χ3v) is 3.72. The molecule has 1 amide bonds. The summed E-state index contributed by atoms with van der Waals surface area (Å²) < 4.78 is 5.50. The van der Waals surface area contributed by atoms with Crippen LogP contribution in [-0.2, 0) is 4.79 Å². The Labute approximate surface area is 115 Å². The van der Waals surface area contributed by atoms with Gasteiger partial charge in [0.1, 0.15) is 5.75 Å². The molecule has 1 aromatic rings. The predicted molar refractivity (Wildman–Crippen MR) is 77.4 cm³/mol. The number of carbonyl (C=O) groups excluding carboxylic acids is 1. The van der Waals surface area contributed by atoms with Gasteiger partial charge in [0.25, 0.3) is 0 Å². The molecule has 3 heteroatoms. The molecule has 1 aliphatic rings. The molecule has 0 spiro atoms. The first-order valence-electron chi connectivity index (χ1n) is 7.31. The van der Waals surface area contributed by atoms with Crippen LogP contribution in [0, 0.1) is 5.92 Å². The first-order chi connectivity index (χ1) is 9.29. The van der Waals surface area contributed by atoms with Crippen molar-refractivity contribution in [2.75, 3.05) is 11.9 Å². The van der Waals surface area contributed by atoms with Crippen molar-refractivity contribution < 1.29 is 9.53 Å². The first kappa shape index (κ1) is 13.9. The Morgan fingerprint density at radius 3 is 2.79 bits per heavy atom. The highest BCUT2D eigenvalue weighted by atomic mass is 16.5. The molecule has 0 saturated heterocycles. The molecule has 0 aliphatic heterocycles. The average Bonchev–Trinajstić information content (AvgIpc) is 2.92. The van der Waals surface area contributed by atoms with Crippen LogP contribution in [0.25, 0.3) is 0 Å². The van der Waals surface area contributed by atoms with E-state index in [1.807, 2.05) is 31.2 Å². The number of carbonyl (C=O) groups is 1. The summed E-state index contributed by atoms with van der Waals surface area (Å²) in [4.78, 5) is 12.0. The van der Waals surface area contributed by atoms with Crippen molar-refractivity contribution in [1.29, 1.82) is 0 Å². The Balaban J connectivity index is 1.83. The second-order valence-electron chi connectivity index (χ2n) is 5.17. The van der Waals surface area contributed by atoms with Crippen LogP contribution in [-0.4, -0.2) is 12.5 Å². The van der Waals surface area contributed by atoms with Crippen molar-refractivity contribution >= 4 is 11.6 Å². The van der Waals surface area contributed by atoms with Crippen LogP contribution in [0.1, 0.15) is 45.4 Å². The number of para-hydroxylation sites is 2. The lowest BCUT2D eigenvalue weighted by molar-refractivity contribution is -0.116. The number of rotatable bonds is 6. The standard InChI is InChI=1S/C16H23NO2/c1-2-19-15-10-6-5-9-14(15)17-16(18)12-11-13-7-3-4-8-13/h5-6,9-10,13H,2-4,7-8,11-12H2,1H3,(H,17,18). The van der Waals surface area contributed by atoms with E-state index in [0.29, 0.717) is 13.0 Å². The summed E-state index contributed by atoms with van der Waals surface area (Å²) in [6.45, 7) is 2.55. The van der Waals surface area contributed by atoms with Gasteiger partial charge in [0.05, 0.1) is 12.3 Å². The Kier molecular flexibility index (Phi) is 5.25. The lowest BCUT2D eigenvalue weighted by Crippen LogP contribution is -2.13. The normalized spacial score (nSPS) is 15.4. The van der Waals surface area contributed by atoms with E-state index in [1.54, 1.807) is 0 Å². The minimum absolute atomic E-state index is 0.0963. The molecule has 1 N–H and O–H groups in total. The maximum absolute atomic E-state index is 12.0. The second-order valence-corrected chi connectivity index (χ2v) is 5.17. The zero-order chi connectivity index (χ0) is 13.5. The summed E-state index contributed by atoms with van der Waals surface area (Å²) in [5.41, 5.74) is 0.778. The van der Waals surface area contributed by atoms with Gasteiger partial charge in [0, 0.05) is 6.42 Å². The van der Waals surface area contributed by atoms with Crippen LogP contribution >= 0.6 is 0 Å². The van der Waals surface area contributed by atoms with Crippen molar-refractivity contribution in [3.05, 3.63) is 24.3 Å². The minimum atomic E-state index is 0.0963. The van der Waals surface area contributed by atoms with E-state index in [-0.39, 0.29) is 5.91 Å². The summed E-state index contributed by atoms with van der Waals surface area (Å²) in [6, 6.07) is 7.60. The number of hydrogen-bond acceptors (Lipinski definition) is 2. The molecule has 0 unspecified atom stereocenters. The number of amides is 1. The molecular weight excluding hydrogens is 238 g/mol. The van der Waals surface area contributed by atoms with Gasteiger partial charge in [0.2, 0.25) is 5.91 Å². The Hall–Kier alpha value is -1.51. The fourth-order valence-electron chi connectivity index (χ4n) is 2.70. The third-order valence-electron chi connectivity index (χ3n) is 3.72. The Morgan fingerprint density at radius 1 is 1.32 bits per heavy atom. The van der Waals surface area contributed by atoms with Crippen molar-refractivity contribution in [2.45, 2.75) is 45.4 Å². The number of ether oxygens (including phenoxy) is 1. The van der Waals surface area contributed by atoms with Gasteiger partial charge in [-0.15, -0.1) is 0 Å².